The summed E-state index contributed by atoms with van der Waals surface area (Å²) in [4.78, 5) is 19.5. The lowest BCUT2D eigenvalue weighted by Gasteiger charge is -2.32. The van der Waals surface area contributed by atoms with E-state index in [-0.39, 0.29) is 5.41 Å². The number of nitrogens with zero attached hydrogens (tertiary/aromatic N) is 2. The summed E-state index contributed by atoms with van der Waals surface area (Å²) in [7, 11) is 1.67. The van der Waals surface area contributed by atoms with Crippen molar-refractivity contribution in [2.45, 2.75) is 37.7 Å². The van der Waals surface area contributed by atoms with Gasteiger partial charge in [-0.05, 0) is 24.1 Å². The molecular formula is C21H24N2O3. The van der Waals surface area contributed by atoms with Crippen LogP contribution in [0.2, 0.25) is 0 Å². The van der Waals surface area contributed by atoms with Crippen LogP contribution in [0.4, 0.5) is 0 Å². The summed E-state index contributed by atoms with van der Waals surface area (Å²) < 4.78 is 5.68. The van der Waals surface area contributed by atoms with Gasteiger partial charge < -0.3 is 9.57 Å². The zero-order chi connectivity index (χ0) is 18.4. The molecule has 2 aliphatic carbocycles. The number of carbonyl (C=O) groups excluding carboxylic acids is 1. The van der Waals surface area contributed by atoms with Gasteiger partial charge in [-0.2, -0.15) is 0 Å². The summed E-state index contributed by atoms with van der Waals surface area (Å²) in [6.45, 7) is 4.78. The van der Waals surface area contributed by atoms with Gasteiger partial charge in [-0.25, -0.2) is 0 Å². The predicted molar refractivity (Wildman–Crippen MR) is 99.4 cm³/mol. The fourth-order valence-corrected chi connectivity index (χ4v) is 4.30. The Labute approximate surface area is 154 Å². The molecule has 2 atom stereocenters. The quantitative estimate of drug-likeness (QED) is 0.603. The number of allylic oxidation sites excluding steroid dienone is 2. The van der Waals surface area contributed by atoms with Crippen LogP contribution in [0.5, 0.6) is 0 Å². The SMILES string of the molecule is COC1=CCC=CC23CC12C(N(C=O)CC(C)(C)c1ccccc1)=NO3. The Morgan fingerprint density at radius 3 is 2.81 bits per heavy atom. The van der Waals surface area contributed by atoms with Gasteiger partial charge in [-0.1, -0.05) is 55.4 Å². The van der Waals surface area contributed by atoms with Gasteiger partial charge in [0, 0.05) is 18.4 Å². The molecule has 1 saturated carbocycles. The van der Waals surface area contributed by atoms with Crippen molar-refractivity contribution in [3.05, 3.63) is 59.9 Å². The Bertz CT molecular complexity index is 812. The minimum atomic E-state index is -0.501. The normalized spacial score (nSPS) is 28.7. The molecule has 1 heterocycles. The largest absolute Gasteiger partial charge is 0.500 e. The van der Waals surface area contributed by atoms with Crippen LogP contribution in [0.1, 0.15) is 32.3 Å². The highest BCUT2D eigenvalue weighted by atomic mass is 16.7. The van der Waals surface area contributed by atoms with Gasteiger partial charge in [0.25, 0.3) is 0 Å². The van der Waals surface area contributed by atoms with E-state index in [9.17, 15) is 4.79 Å². The molecule has 0 spiro atoms. The number of hydrogen-bond acceptors (Lipinski definition) is 4. The van der Waals surface area contributed by atoms with Crippen molar-refractivity contribution in [1.29, 1.82) is 0 Å². The summed E-state index contributed by atoms with van der Waals surface area (Å²) >= 11 is 0. The molecule has 1 aromatic carbocycles. The average Bonchev–Trinajstić information content (AvgIpc) is 3.23. The number of amidine groups is 1. The number of carbonyl (C=O) groups is 1. The molecule has 1 fully saturated rings. The summed E-state index contributed by atoms with van der Waals surface area (Å²) in [6, 6.07) is 10.2. The smallest absolute Gasteiger partial charge is 0.215 e. The number of benzene rings is 1. The van der Waals surface area contributed by atoms with Crippen LogP contribution in [0, 0.1) is 5.41 Å². The lowest BCUT2D eigenvalue weighted by atomic mass is 9.83. The van der Waals surface area contributed by atoms with Crippen LogP contribution in [0.25, 0.3) is 0 Å². The monoisotopic (exact) mass is 352 g/mol. The van der Waals surface area contributed by atoms with E-state index in [1.54, 1.807) is 12.0 Å². The Morgan fingerprint density at radius 2 is 2.12 bits per heavy atom. The molecular weight excluding hydrogens is 328 g/mol. The molecule has 136 valence electrons. The van der Waals surface area contributed by atoms with Gasteiger partial charge in [0.05, 0.1) is 7.11 Å². The van der Waals surface area contributed by atoms with Crippen molar-refractivity contribution in [2.24, 2.45) is 10.6 Å². The maximum Gasteiger partial charge on any atom is 0.215 e. The standard InChI is InChI=1S/C21H24N2O3/c1-19(2,16-9-5-4-6-10-16)14-23(15-24)18-21-13-20(21,26-22-18)12-8-7-11-17(21)25-3/h4-6,8-12,15H,7,13-14H2,1-3H3. The summed E-state index contributed by atoms with van der Waals surface area (Å²) in [5, 5.41) is 4.32. The van der Waals surface area contributed by atoms with E-state index in [4.69, 9.17) is 9.57 Å². The molecule has 0 radical (unpaired) electrons. The molecule has 1 aliphatic heterocycles. The van der Waals surface area contributed by atoms with Crippen LogP contribution in [0.15, 0.2) is 59.5 Å². The van der Waals surface area contributed by atoms with Crippen molar-refractivity contribution in [2.75, 3.05) is 13.7 Å². The van der Waals surface area contributed by atoms with Gasteiger partial charge >= 0.3 is 0 Å². The van der Waals surface area contributed by atoms with E-state index in [0.717, 1.165) is 25.0 Å². The number of rotatable bonds is 5. The fourth-order valence-electron chi connectivity index (χ4n) is 4.30. The van der Waals surface area contributed by atoms with Crippen molar-refractivity contribution >= 4 is 12.2 Å². The Balaban J connectivity index is 1.66. The highest BCUT2D eigenvalue weighted by molar-refractivity contribution is 6.02. The lowest BCUT2D eigenvalue weighted by Crippen LogP contribution is -2.44. The predicted octanol–water partition coefficient (Wildman–Crippen LogP) is 3.39. The third-order valence-corrected chi connectivity index (χ3v) is 5.79. The van der Waals surface area contributed by atoms with Gasteiger partial charge in [-0.3, -0.25) is 9.69 Å². The Morgan fingerprint density at radius 1 is 1.35 bits per heavy atom. The Hall–Kier alpha value is -2.56. The highest BCUT2D eigenvalue weighted by Crippen LogP contribution is 2.69. The van der Waals surface area contributed by atoms with E-state index in [1.807, 2.05) is 18.2 Å². The van der Waals surface area contributed by atoms with Gasteiger partial charge in [0.1, 0.15) is 11.2 Å². The van der Waals surface area contributed by atoms with E-state index >= 15 is 0 Å². The lowest BCUT2D eigenvalue weighted by molar-refractivity contribution is -0.115. The third-order valence-electron chi connectivity index (χ3n) is 5.79. The number of oxime groups is 1. The van der Waals surface area contributed by atoms with Crippen LogP contribution in [-0.4, -0.2) is 36.4 Å². The number of methoxy groups -OCH3 is 1. The fraction of sp³-hybridized carbons (Fsp3) is 0.429. The van der Waals surface area contributed by atoms with Gasteiger partial charge in [0.2, 0.25) is 6.41 Å². The van der Waals surface area contributed by atoms with E-state index < -0.39 is 11.0 Å². The molecule has 2 unspecified atom stereocenters. The molecule has 26 heavy (non-hydrogen) atoms. The molecule has 5 nitrogen and oxygen atoms in total. The second-order valence-corrected chi connectivity index (χ2v) is 7.87. The first-order chi connectivity index (χ1) is 12.5. The van der Waals surface area contributed by atoms with Crippen molar-refractivity contribution < 1.29 is 14.4 Å². The first kappa shape index (κ1) is 16.9. The third kappa shape index (κ3) is 2.23. The van der Waals surface area contributed by atoms with E-state index in [1.165, 1.54) is 5.56 Å². The van der Waals surface area contributed by atoms with Crippen LogP contribution < -0.4 is 0 Å². The molecule has 0 N–H and O–H groups in total. The Kier molecular flexibility index (Phi) is 3.72. The highest BCUT2D eigenvalue weighted by Gasteiger charge is 2.80. The maximum absolute atomic E-state index is 12.0. The topological polar surface area (TPSA) is 51.1 Å². The molecule has 0 aromatic heterocycles. The molecule has 4 rings (SSSR count). The van der Waals surface area contributed by atoms with Gasteiger partial charge in [-0.15, -0.1) is 0 Å². The van der Waals surface area contributed by atoms with Crippen LogP contribution in [0.3, 0.4) is 0 Å². The van der Waals surface area contributed by atoms with E-state index in [0.29, 0.717) is 12.4 Å². The van der Waals surface area contributed by atoms with E-state index in [2.05, 4.69) is 49.4 Å². The van der Waals surface area contributed by atoms with Crippen LogP contribution >= 0.6 is 0 Å². The minimum Gasteiger partial charge on any atom is -0.500 e. The second kappa shape index (κ2) is 5.73. The molecule has 0 bridgehead atoms. The first-order valence-corrected chi connectivity index (χ1v) is 8.95. The van der Waals surface area contributed by atoms with Crippen molar-refractivity contribution in [3.8, 4) is 0 Å². The molecule has 1 aromatic rings. The zero-order valence-corrected chi connectivity index (χ0v) is 15.4. The van der Waals surface area contributed by atoms with Crippen LogP contribution in [-0.2, 0) is 19.8 Å². The average molecular weight is 352 g/mol. The molecule has 0 saturated heterocycles. The summed E-state index contributed by atoms with van der Waals surface area (Å²) in [5.41, 5.74) is -0.0329. The first-order valence-electron chi connectivity index (χ1n) is 8.95. The number of ether oxygens (including phenoxy) is 1. The molecule has 1 amide bonds. The van der Waals surface area contributed by atoms with Crippen molar-refractivity contribution in [1.82, 2.24) is 4.90 Å². The zero-order valence-electron chi connectivity index (χ0n) is 15.4. The number of amides is 1. The maximum atomic E-state index is 12.0. The van der Waals surface area contributed by atoms with Crippen molar-refractivity contribution in [3.63, 3.8) is 0 Å². The summed E-state index contributed by atoms with van der Waals surface area (Å²) in [5.74, 6) is 1.49. The number of hydrogen-bond donors (Lipinski definition) is 0. The molecule has 5 heteroatoms. The van der Waals surface area contributed by atoms with Gasteiger partial charge in [0.15, 0.2) is 11.4 Å². The molecule has 3 aliphatic rings. The second-order valence-electron chi connectivity index (χ2n) is 7.87. The summed E-state index contributed by atoms with van der Waals surface area (Å²) in [6.07, 6.45) is 8.60. The minimum absolute atomic E-state index is 0.223.